The lowest BCUT2D eigenvalue weighted by atomic mass is 9.80. The summed E-state index contributed by atoms with van der Waals surface area (Å²) in [7, 11) is 2.41. The van der Waals surface area contributed by atoms with Crippen molar-refractivity contribution in [3.63, 3.8) is 0 Å². The van der Waals surface area contributed by atoms with E-state index in [1.54, 1.807) is 6.92 Å². The van der Waals surface area contributed by atoms with E-state index in [-0.39, 0.29) is 27.3 Å². The van der Waals surface area contributed by atoms with Crippen molar-refractivity contribution in [3.8, 4) is 0 Å². The van der Waals surface area contributed by atoms with Gasteiger partial charge in [0.15, 0.2) is 17.8 Å². The minimum Gasteiger partial charge on any atom is -0.498 e. The van der Waals surface area contributed by atoms with Crippen molar-refractivity contribution in [2.45, 2.75) is 25.1 Å². The van der Waals surface area contributed by atoms with Gasteiger partial charge in [-0.1, -0.05) is 23.2 Å². The van der Waals surface area contributed by atoms with Gasteiger partial charge in [0.2, 0.25) is 0 Å². The monoisotopic (exact) mass is 426 g/mol. The number of nitrogens with one attached hydrogen (secondary N) is 1. The van der Waals surface area contributed by atoms with Crippen LogP contribution in [0.25, 0.3) is 0 Å². The van der Waals surface area contributed by atoms with E-state index >= 15 is 8.78 Å². The maximum atomic E-state index is 15.2. The highest BCUT2D eigenvalue weighted by molar-refractivity contribution is 6.63. The number of carbonyl (C=O) groups is 1. The van der Waals surface area contributed by atoms with Crippen LogP contribution in [-0.4, -0.2) is 36.3 Å². The summed E-state index contributed by atoms with van der Waals surface area (Å²) < 4.78 is 40.3. The number of nitrogens with zero attached hydrogens (tertiary/aromatic N) is 1. The molecule has 1 amide bonds. The minimum absolute atomic E-state index is 0.153. The SMILES string of the molecule is COC1=CC(OC)=C(F)C(Cc2cnc(Cl)c(C)c2Cl)(NC(=O)Cl)C1F. The predicted molar refractivity (Wildman–Crippen MR) is 94.9 cm³/mol. The van der Waals surface area contributed by atoms with E-state index in [0.29, 0.717) is 5.56 Å². The standard InChI is InChI=1S/C16H15Cl3F2N2O3/c1-7-11(17)8(6-22-14(7)18)5-16(23-15(19)24)12(20)9(25-2)4-10(26-3)13(16)21/h4,6,12H,5H2,1-3H3,(H,23,24). The van der Waals surface area contributed by atoms with E-state index in [1.807, 2.05) is 0 Å². The first kappa shape index (κ1) is 20.7. The molecule has 1 N–H and O–H groups in total. The van der Waals surface area contributed by atoms with Crippen molar-refractivity contribution in [1.82, 2.24) is 10.3 Å². The van der Waals surface area contributed by atoms with Crippen LogP contribution in [-0.2, 0) is 15.9 Å². The molecular weight excluding hydrogens is 413 g/mol. The third-order valence-electron chi connectivity index (χ3n) is 4.06. The zero-order valence-corrected chi connectivity index (χ0v) is 16.3. The first-order valence-electron chi connectivity index (χ1n) is 7.29. The van der Waals surface area contributed by atoms with Crippen LogP contribution in [0, 0.1) is 6.92 Å². The Morgan fingerprint density at radius 3 is 2.58 bits per heavy atom. The molecule has 0 radical (unpaired) electrons. The van der Waals surface area contributed by atoms with Gasteiger partial charge in [-0.2, -0.15) is 0 Å². The molecule has 1 aromatic heterocycles. The molecule has 142 valence electrons. The second-order valence-corrected chi connectivity index (χ2v) is 6.64. The Morgan fingerprint density at radius 1 is 1.38 bits per heavy atom. The zero-order valence-electron chi connectivity index (χ0n) is 14.0. The van der Waals surface area contributed by atoms with Crippen LogP contribution in [0.4, 0.5) is 13.6 Å². The van der Waals surface area contributed by atoms with E-state index in [4.69, 9.17) is 44.3 Å². The molecule has 0 fully saturated rings. The van der Waals surface area contributed by atoms with Crippen molar-refractivity contribution in [3.05, 3.63) is 50.9 Å². The Kier molecular flexibility index (Phi) is 6.37. The summed E-state index contributed by atoms with van der Waals surface area (Å²) in [6.07, 6.45) is -0.167. The smallest absolute Gasteiger partial charge is 0.314 e. The number of rotatable bonds is 5. The third kappa shape index (κ3) is 3.61. The van der Waals surface area contributed by atoms with Crippen LogP contribution >= 0.6 is 34.8 Å². The van der Waals surface area contributed by atoms with Crippen molar-refractivity contribution in [2.75, 3.05) is 14.2 Å². The van der Waals surface area contributed by atoms with Gasteiger partial charge in [0.05, 0.1) is 19.2 Å². The zero-order chi connectivity index (χ0) is 19.6. The molecule has 0 saturated heterocycles. The molecule has 0 aliphatic heterocycles. The number of carbonyl (C=O) groups excluding carboxylic acids is 1. The minimum atomic E-state index is -2.23. The van der Waals surface area contributed by atoms with Gasteiger partial charge < -0.3 is 14.8 Å². The lowest BCUT2D eigenvalue weighted by Gasteiger charge is -2.39. The fourth-order valence-electron chi connectivity index (χ4n) is 2.70. The summed E-state index contributed by atoms with van der Waals surface area (Å²) in [5, 5.41) is 1.29. The predicted octanol–water partition coefficient (Wildman–Crippen LogP) is 4.64. The van der Waals surface area contributed by atoms with Gasteiger partial charge in [0.1, 0.15) is 16.5 Å². The van der Waals surface area contributed by atoms with Crippen molar-refractivity contribution in [2.24, 2.45) is 0 Å². The lowest BCUT2D eigenvalue weighted by Crippen LogP contribution is -2.58. The largest absolute Gasteiger partial charge is 0.498 e. The summed E-state index contributed by atoms with van der Waals surface area (Å²) in [6.45, 7) is 1.61. The van der Waals surface area contributed by atoms with Gasteiger partial charge in [0.25, 0.3) is 0 Å². The van der Waals surface area contributed by atoms with E-state index < -0.39 is 29.3 Å². The van der Waals surface area contributed by atoms with Gasteiger partial charge in [-0.25, -0.2) is 13.8 Å². The van der Waals surface area contributed by atoms with Gasteiger partial charge in [-0.15, -0.1) is 0 Å². The molecule has 2 atom stereocenters. The van der Waals surface area contributed by atoms with E-state index in [1.165, 1.54) is 20.4 Å². The molecule has 2 rings (SSSR count). The van der Waals surface area contributed by atoms with Crippen molar-refractivity contribution < 1.29 is 23.0 Å². The number of hydrogen-bond donors (Lipinski definition) is 1. The summed E-state index contributed by atoms with van der Waals surface area (Å²) in [5.41, 5.74) is -1.54. The van der Waals surface area contributed by atoms with Gasteiger partial charge in [-0.3, -0.25) is 4.79 Å². The summed E-state index contributed by atoms with van der Waals surface area (Å²) >= 11 is 17.5. The molecule has 0 aromatic carbocycles. The highest BCUT2D eigenvalue weighted by Gasteiger charge is 2.52. The highest BCUT2D eigenvalue weighted by Crippen LogP contribution is 2.41. The number of pyridine rings is 1. The molecule has 1 aliphatic carbocycles. The molecule has 10 heteroatoms. The maximum absolute atomic E-state index is 15.2. The Hall–Kier alpha value is -1.57. The van der Waals surface area contributed by atoms with Gasteiger partial charge >= 0.3 is 5.37 Å². The average Bonchev–Trinajstić information content (AvgIpc) is 2.60. The van der Waals surface area contributed by atoms with Crippen LogP contribution in [0.1, 0.15) is 11.1 Å². The molecule has 1 heterocycles. The van der Waals surface area contributed by atoms with Crippen LogP contribution in [0.15, 0.2) is 29.6 Å². The first-order chi connectivity index (χ1) is 12.2. The second-order valence-electron chi connectivity index (χ2n) is 5.56. The normalized spacial score (nSPS) is 22.8. The lowest BCUT2D eigenvalue weighted by molar-refractivity contribution is 0.106. The van der Waals surface area contributed by atoms with E-state index in [9.17, 15) is 4.79 Å². The molecule has 1 aliphatic rings. The number of methoxy groups -OCH3 is 2. The molecule has 0 saturated carbocycles. The summed E-state index contributed by atoms with van der Waals surface area (Å²) in [4.78, 5) is 15.5. The Morgan fingerprint density at radius 2 is 2.04 bits per heavy atom. The number of aromatic nitrogens is 1. The first-order valence-corrected chi connectivity index (χ1v) is 8.42. The van der Waals surface area contributed by atoms with Crippen LogP contribution in [0.2, 0.25) is 10.2 Å². The summed E-state index contributed by atoms with van der Waals surface area (Å²) in [5.74, 6) is -1.62. The Labute approximate surface area is 163 Å². The van der Waals surface area contributed by atoms with Crippen LogP contribution in [0.5, 0.6) is 0 Å². The number of hydrogen-bond acceptors (Lipinski definition) is 4. The molecule has 0 spiro atoms. The van der Waals surface area contributed by atoms with Crippen LogP contribution in [0.3, 0.4) is 0 Å². The molecular formula is C16H15Cl3F2N2O3. The van der Waals surface area contributed by atoms with E-state index in [0.717, 1.165) is 6.08 Å². The van der Waals surface area contributed by atoms with Gasteiger partial charge in [0, 0.05) is 24.3 Å². The Bertz CT molecular complexity index is 801. The van der Waals surface area contributed by atoms with Gasteiger partial charge in [-0.05, 0) is 24.1 Å². The molecule has 1 aromatic rings. The Balaban J connectivity index is 2.65. The number of allylic oxidation sites excluding steroid dienone is 1. The molecule has 2 unspecified atom stereocenters. The topological polar surface area (TPSA) is 60.5 Å². The quantitative estimate of drug-likeness (QED) is 0.423. The number of ether oxygens (including phenoxy) is 2. The van der Waals surface area contributed by atoms with E-state index in [2.05, 4.69) is 10.3 Å². The number of halogens is 5. The molecule has 26 heavy (non-hydrogen) atoms. The van der Waals surface area contributed by atoms with Crippen molar-refractivity contribution in [1.29, 1.82) is 0 Å². The average molecular weight is 428 g/mol. The summed E-state index contributed by atoms with van der Waals surface area (Å²) in [6, 6.07) is 0. The highest BCUT2D eigenvalue weighted by atomic mass is 35.5. The fourth-order valence-corrected chi connectivity index (χ4v) is 3.26. The van der Waals surface area contributed by atoms with Crippen molar-refractivity contribution >= 4 is 40.2 Å². The van der Waals surface area contributed by atoms with Crippen LogP contribution < -0.4 is 5.32 Å². The fraction of sp³-hybridized carbons (Fsp3) is 0.375. The second kappa shape index (κ2) is 7.98. The third-order valence-corrected chi connectivity index (χ3v) is 5.07. The molecule has 5 nitrogen and oxygen atoms in total. The molecule has 0 bridgehead atoms. The number of alkyl halides is 1. The number of amides is 1. The maximum Gasteiger partial charge on any atom is 0.314 e.